The number of fused-ring (bicyclic) bond motifs is 1. The number of ether oxygens (including phenoxy) is 1. The van der Waals surface area contributed by atoms with Gasteiger partial charge in [-0.1, -0.05) is 48.5 Å². The molecule has 3 aromatic carbocycles. The van der Waals surface area contributed by atoms with E-state index in [2.05, 4.69) is 23.3 Å². The van der Waals surface area contributed by atoms with Gasteiger partial charge in [-0.25, -0.2) is 4.79 Å². The molecule has 2 N–H and O–H groups in total. The molecule has 0 aromatic heterocycles. The van der Waals surface area contributed by atoms with Gasteiger partial charge in [0.15, 0.2) is 0 Å². The average Bonchev–Trinajstić information content (AvgIpc) is 2.86. The molecule has 1 fully saturated rings. The zero-order valence-corrected chi connectivity index (χ0v) is 24.8. The molecule has 1 saturated carbocycles. The van der Waals surface area contributed by atoms with E-state index in [0.29, 0.717) is 5.69 Å². The molecule has 3 aromatic rings. The fourth-order valence-electron chi connectivity index (χ4n) is 4.85. The second kappa shape index (κ2) is 12.3. The predicted octanol–water partition coefficient (Wildman–Crippen LogP) is 6.34. The number of nitrogens with one attached hydrogen (secondary N) is 2. The monoisotopic (exact) mass is 561 g/mol. The van der Waals surface area contributed by atoms with Crippen LogP contribution < -0.4 is 10.6 Å². The first-order valence-electron chi connectivity index (χ1n) is 13.8. The lowest BCUT2D eigenvalue weighted by molar-refractivity contribution is -0.145. The van der Waals surface area contributed by atoms with Crippen molar-refractivity contribution < 1.29 is 19.1 Å². The van der Waals surface area contributed by atoms with E-state index in [1.54, 1.807) is 25.7 Å². The maximum absolute atomic E-state index is 14.1. The molecule has 8 heteroatoms. The first-order chi connectivity index (χ1) is 19.0. The van der Waals surface area contributed by atoms with Crippen LogP contribution in [0.4, 0.5) is 10.5 Å². The summed E-state index contributed by atoms with van der Waals surface area (Å²) in [5, 5.41) is 7.83. The topological polar surface area (TPSA) is 87.7 Å². The fraction of sp³-hybridized carbons (Fsp3) is 0.406. The minimum absolute atomic E-state index is 0.0627. The first kappa shape index (κ1) is 29.5. The highest BCUT2D eigenvalue weighted by atomic mass is 32.1. The average molecular weight is 562 g/mol. The Morgan fingerprint density at radius 1 is 0.975 bits per heavy atom. The normalized spacial score (nSPS) is 15.1. The lowest BCUT2D eigenvalue weighted by Crippen LogP contribution is -2.57. The number of carbonyl (C=O) groups is 3. The number of thiol groups is 1. The maximum Gasteiger partial charge on any atom is 0.408 e. The Kier molecular flexibility index (Phi) is 9.08. The van der Waals surface area contributed by atoms with Gasteiger partial charge in [-0.2, -0.15) is 12.6 Å². The minimum atomic E-state index is -0.957. The zero-order chi connectivity index (χ0) is 29.0. The van der Waals surface area contributed by atoms with Gasteiger partial charge in [0, 0.05) is 17.5 Å². The van der Waals surface area contributed by atoms with Crippen molar-refractivity contribution in [3.63, 3.8) is 0 Å². The van der Waals surface area contributed by atoms with Crippen LogP contribution in [0.3, 0.4) is 0 Å². The molecular formula is C32H39N3O4S. The summed E-state index contributed by atoms with van der Waals surface area (Å²) in [5.74, 6) is -0.607. The lowest BCUT2D eigenvalue weighted by atomic mass is 9.87. The van der Waals surface area contributed by atoms with Gasteiger partial charge in [-0.05, 0) is 93.5 Å². The summed E-state index contributed by atoms with van der Waals surface area (Å²) in [6.45, 7) is 9.29. The summed E-state index contributed by atoms with van der Waals surface area (Å²) in [6, 6.07) is 17.6. The Labute approximate surface area is 242 Å². The first-order valence-corrected chi connectivity index (χ1v) is 14.4. The molecule has 0 aliphatic heterocycles. The quantitative estimate of drug-likeness (QED) is 0.280. The number of nitrogens with zero attached hydrogens (tertiary/aromatic N) is 1. The van der Waals surface area contributed by atoms with Crippen molar-refractivity contribution in [3.8, 4) is 0 Å². The van der Waals surface area contributed by atoms with Crippen molar-refractivity contribution in [2.75, 3.05) is 11.1 Å². The Hall–Kier alpha value is -3.52. The molecule has 2 unspecified atom stereocenters. The summed E-state index contributed by atoms with van der Waals surface area (Å²) < 4.78 is 5.40. The Bertz CT molecular complexity index is 1400. The molecule has 1 aliphatic rings. The van der Waals surface area contributed by atoms with Gasteiger partial charge >= 0.3 is 6.09 Å². The Morgan fingerprint density at radius 2 is 1.68 bits per heavy atom. The van der Waals surface area contributed by atoms with Gasteiger partial charge in [0.25, 0.3) is 5.91 Å². The number of benzene rings is 3. The largest absolute Gasteiger partial charge is 0.444 e. The van der Waals surface area contributed by atoms with E-state index < -0.39 is 23.8 Å². The second-order valence-electron chi connectivity index (χ2n) is 11.5. The van der Waals surface area contributed by atoms with Gasteiger partial charge < -0.3 is 20.3 Å². The van der Waals surface area contributed by atoms with Gasteiger partial charge in [0.1, 0.15) is 17.7 Å². The van der Waals surface area contributed by atoms with E-state index >= 15 is 0 Å². The van der Waals surface area contributed by atoms with Crippen molar-refractivity contribution in [3.05, 3.63) is 77.4 Å². The smallest absolute Gasteiger partial charge is 0.408 e. The fourth-order valence-corrected chi connectivity index (χ4v) is 5.10. The van der Waals surface area contributed by atoms with Crippen molar-refractivity contribution in [1.82, 2.24) is 10.2 Å². The van der Waals surface area contributed by atoms with Crippen molar-refractivity contribution in [2.24, 2.45) is 0 Å². The van der Waals surface area contributed by atoms with Crippen LogP contribution in [0.25, 0.3) is 10.8 Å². The molecule has 1 aliphatic carbocycles. The second-order valence-corrected chi connectivity index (χ2v) is 11.9. The van der Waals surface area contributed by atoms with E-state index in [9.17, 15) is 14.4 Å². The van der Waals surface area contributed by atoms with Crippen LogP contribution in [0.5, 0.6) is 0 Å². The van der Waals surface area contributed by atoms with Gasteiger partial charge in [-0.15, -0.1) is 0 Å². The molecule has 3 amide bonds. The molecular weight excluding hydrogens is 522 g/mol. The standard InChI is InChI=1S/C32H39N3O4S/c1-20-13-14-24(17-21(20)2)28(29(36)33-25-16-15-22-9-6-7-10-23(22)18-25)35(26-11-8-12-26)30(37)27(19-40)34-31(38)39-32(3,4)5/h6-7,9-10,13-18,26-28,40H,8,11-12,19H2,1-5H3,(H,33,36)(H,34,38). The van der Waals surface area contributed by atoms with Crippen LogP contribution in [0, 0.1) is 13.8 Å². The molecule has 0 spiro atoms. The molecule has 7 nitrogen and oxygen atoms in total. The third-order valence-electron chi connectivity index (χ3n) is 7.28. The number of aryl methyl sites for hydroxylation is 2. The summed E-state index contributed by atoms with van der Waals surface area (Å²) in [5.41, 5.74) is 2.77. The summed E-state index contributed by atoms with van der Waals surface area (Å²) >= 11 is 4.38. The maximum atomic E-state index is 14.1. The van der Waals surface area contributed by atoms with Gasteiger partial charge in [0.2, 0.25) is 5.91 Å². The molecule has 0 bridgehead atoms. The Morgan fingerprint density at radius 3 is 2.27 bits per heavy atom. The summed E-state index contributed by atoms with van der Waals surface area (Å²) in [7, 11) is 0. The minimum Gasteiger partial charge on any atom is -0.444 e. The molecule has 0 radical (unpaired) electrons. The lowest BCUT2D eigenvalue weighted by Gasteiger charge is -2.43. The summed E-state index contributed by atoms with van der Waals surface area (Å²) in [4.78, 5) is 42.5. The molecule has 0 saturated heterocycles. The number of anilines is 1. The van der Waals surface area contributed by atoms with E-state index in [1.165, 1.54) is 0 Å². The van der Waals surface area contributed by atoms with E-state index in [4.69, 9.17) is 4.74 Å². The van der Waals surface area contributed by atoms with Crippen molar-refractivity contribution in [1.29, 1.82) is 0 Å². The number of rotatable bonds is 8. The van der Waals surface area contributed by atoms with Gasteiger partial charge in [-0.3, -0.25) is 9.59 Å². The third-order valence-corrected chi connectivity index (χ3v) is 7.65. The van der Waals surface area contributed by atoms with Crippen LogP contribution in [0.2, 0.25) is 0 Å². The van der Waals surface area contributed by atoms with E-state index in [1.807, 2.05) is 74.5 Å². The van der Waals surface area contributed by atoms with Crippen molar-refractivity contribution in [2.45, 2.75) is 77.6 Å². The highest BCUT2D eigenvalue weighted by molar-refractivity contribution is 7.80. The van der Waals surface area contributed by atoms with E-state index in [0.717, 1.165) is 46.7 Å². The third kappa shape index (κ3) is 6.97. The number of hydrogen-bond donors (Lipinski definition) is 3. The molecule has 40 heavy (non-hydrogen) atoms. The number of amides is 3. The zero-order valence-electron chi connectivity index (χ0n) is 23.9. The predicted molar refractivity (Wildman–Crippen MR) is 163 cm³/mol. The summed E-state index contributed by atoms with van der Waals surface area (Å²) in [6.07, 6.45) is 1.83. The SMILES string of the molecule is Cc1ccc(C(C(=O)Nc2ccc3ccccc3c2)N(C(=O)C(CS)NC(=O)OC(C)(C)C)C2CCC2)cc1C. The highest BCUT2D eigenvalue weighted by Gasteiger charge is 2.41. The Balaban J connectivity index is 1.71. The van der Waals surface area contributed by atoms with Crippen LogP contribution in [0.15, 0.2) is 60.7 Å². The molecule has 2 atom stereocenters. The van der Waals surface area contributed by atoms with Crippen LogP contribution in [-0.4, -0.2) is 46.2 Å². The molecule has 212 valence electrons. The highest BCUT2D eigenvalue weighted by Crippen LogP contribution is 2.35. The molecule has 0 heterocycles. The number of alkyl carbamates (subject to hydrolysis) is 1. The van der Waals surface area contributed by atoms with Gasteiger partial charge in [0.05, 0.1) is 0 Å². The van der Waals surface area contributed by atoms with Crippen molar-refractivity contribution >= 4 is 47.0 Å². The van der Waals surface area contributed by atoms with Crippen LogP contribution >= 0.6 is 12.6 Å². The van der Waals surface area contributed by atoms with Crippen LogP contribution in [0.1, 0.15) is 62.8 Å². The van der Waals surface area contributed by atoms with E-state index in [-0.39, 0.29) is 23.6 Å². The van der Waals surface area contributed by atoms with Crippen LogP contribution in [-0.2, 0) is 14.3 Å². The molecule has 4 rings (SSSR count). The number of carbonyl (C=O) groups excluding carboxylic acids is 3. The number of hydrogen-bond acceptors (Lipinski definition) is 5.